The van der Waals surface area contributed by atoms with Gasteiger partial charge in [0.2, 0.25) is 0 Å². The Kier molecular flexibility index (Phi) is 6.63. The highest BCUT2D eigenvalue weighted by atomic mass is 19.1. The zero-order chi connectivity index (χ0) is 19.4. The second-order valence-electron chi connectivity index (χ2n) is 7.43. The van der Waals surface area contributed by atoms with E-state index in [2.05, 4.69) is 40.4 Å². The Balaban J connectivity index is 1.69. The Morgan fingerprint density at radius 2 is 1.96 bits per heavy atom. The van der Waals surface area contributed by atoms with E-state index in [0.29, 0.717) is 13.0 Å². The summed E-state index contributed by atoms with van der Waals surface area (Å²) in [5, 5.41) is 14.2. The van der Waals surface area contributed by atoms with E-state index in [-0.39, 0.29) is 18.5 Å². The van der Waals surface area contributed by atoms with E-state index in [1.165, 1.54) is 17.3 Å². The number of aliphatic hydroxyl groups excluding tert-OH is 1. The van der Waals surface area contributed by atoms with Crippen LogP contribution in [0.25, 0.3) is 0 Å². The zero-order valence-electron chi connectivity index (χ0n) is 16.7. The van der Waals surface area contributed by atoms with E-state index >= 15 is 0 Å². The third-order valence-electron chi connectivity index (χ3n) is 5.69. The smallest absolute Gasteiger partial charge is 0.127 e. The molecule has 1 fully saturated rings. The SMILES string of the molecule is CCn1nc(C)c(CN2CCN(Cc3ccccc3F)[C@@H](CCO)C2)c1C. The average Bonchev–Trinajstić information content (AvgIpc) is 2.93. The summed E-state index contributed by atoms with van der Waals surface area (Å²) in [4.78, 5) is 4.75. The highest BCUT2D eigenvalue weighted by Crippen LogP contribution is 2.22. The van der Waals surface area contributed by atoms with Gasteiger partial charge in [-0.2, -0.15) is 5.10 Å². The van der Waals surface area contributed by atoms with Crippen LogP contribution in [0.1, 0.15) is 35.9 Å². The number of aryl methyl sites for hydroxylation is 2. The summed E-state index contributed by atoms with van der Waals surface area (Å²) in [6.07, 6.45) is 0.705. The molecule has 0 unspecified atom stereocenters. The molecule has 6 heteroatoms. The maximum absolute atomic E-state index is 14.1. The summed E-state index contributed by atoms with van der Waals surface area (Å²) in [6.45, 7) is 11.5. The number of rotatable bonds is 7. The summed E-state index contributed by atoms with van der Waals surface area (Å²) in [6, 6.07) is 7.20. The van der Waals surface area contributed by atoms with Crippen molar-refractivity contribution in [1.29, 1.82) is 0 Å². The lowest BCUT2D eigenvalue weighted by Gasteiger charge is -2.41. The third kappa shape index (κ3) is 4.57. The second-order valence-corrected chi connectivity index (χ2v) is 7.43. The number of hydrogen-bond donors (Lipinski definition) is 1. The second kappa shape index (κ2) is 8.95. The summed E-state index contributed by atoms with van der Waals surface area (Å²) >= 11 is 0. The number of benzene rings is 1. The molecule has 0 spiro atoms. The van der Waals surface area contributed by atoms with Crippen molar-refractivity contribution < 1.29 is 9.50 Å². The van der Waals surface area contributed by atoms with Gasteiger partial charge in [0.25, 0.3) is 0 Å². The summed E-state index contributed by atoms with van der Waals surface area (Å²) in [5.74, 6) is -0.152. The van der Waals surface area contributed by atoms with Crippen molar-refractivity contribution in [2.45, 2.75) is 52.9 Å². The lowest BCUT2D eigenvalue weighted by Crippen LogP contribution is -2.52. The van der Waals surface area contributed by atoms with E-state index in [0.717, 1.165) is 44.0 Å². The van der Waals surface area contributed by atoms with Crippen molar-refractivity contribution in [3.8, 4) is 0 Å². The van der Waals surface area contributed by atoms with Gasteiger partial charge in [0.1, 0.15) is 5.82 Å². The maximum atomic E-state index is 14.1. The van der Waals surface area contributed by atoms with Gasteiger partial charge in [-0.05, 0) is 33.3 Å². The topological polar surface area (TPSA) is 44.5 Å². The van der Waals surface area contributed by atoms with Crippen LogP contribution in [0.5, 0.6) is 0 Å². The fourth-order valence-corrected chi connectivity index (χ4v) is 4.07. The molecule has 1 aromatic carbocycles. The lowest BCUT2D eigenvalue weighted by molar-refractivity contribution is 0.0491. The van der Waals surface area contributed by atoms with Gasteiger partial charge in [-0.3, -0.25) is 14.5 Å². The molecule has 1 aliphatic rings. The Labute approximate surface area is 161 Å². The van der Waals surface area contributed by atoms with Crippen LogP contribution in [0.3, 0.4) is 0 Å². The molecular weight excluding hydrogens is 343 g/mol. The van der Waals surface area contributed by atoms with Crippen LogP contribution in [-0.4, -0.2) is 57.0 Å². The normalized spacial score (nSPS) is 18.9. The van der Waals surface area contributed by atoms with Crippen LogP contribution >= 0.6 is 0 Å². The van der Waals surface area contributed by atoms with E-state index in [9.17, 15) is 9.50 Å². The van der Waals surface area contributed by atoms with Gasteiger partial charge in [0, 0.05) is 68.7 Å². The molecule has 1 aromatic heterocycles. The van der Waals surface area contributed by atoms with Crippen LogP contribution in [0.4, 0.5) is 4.39 Å². The third-order valence-corrected chi connectivity index (χ3v) is 5.69. The fourth-order valence-electron chi connectivity index (χ4n) is 4.07. The molecule has 0 amide bonds. The molecule has 0 bridgehead atoms. The molecule has 1 atom stereocenters. The van der Waals surface area contributed by atoms with E-state index < -0.39 is 0 Å². The number of piperazine rings is 1. The van der Waals surface area contributed by atoms with Gasteiger partial charge in [-0.1, -0.05) is 18.2 Å². The molecule has 1 N–H and O–H groups in total. The van der Waals surface area contributed by atoms with Crippen molar-refractivity contribution in [2.75, 3.05) is 26.2 Å². The standard InChI is InChI=1S/C21H31FN4O/c1-4-26-17(3)20(16(2)23-26)15-24-10-11-25(19(14-24)9-12-27)13-18-7-5-6-8-21(18)22/h5-8,19,27H,4,9-15H2,1-3H3/t19-/m0/s1. The van der Waals surface area contributed by atoms with Crippen molar-refractivity contribution >= 4 is 0 Å². The first kappa shape index (κ1) is 20.0. The molecule has 1 aliphatic heterocycles. The Morgan fingerprint density at radius 3 is 2.63 bits per heavy atom. The van der Waals surface area contributed by atoms with Gasteiger partial charge in [0.15, 0.2) is 0 Å². The quantitative estimate of drug-likeness (QED) is 0.809. The summed E-state index contributed by atoms with van der Waals surface area (Å²) in [5.41, 5.74) is 4.37. The minimum absolute atomic E-state index is 0.151. The monoisotopic (exact) mass is 374 g/mol. The number of aliphatic hydroxyl groups is 1. The van der Waals surface area contributed by atoms with Crippen molar-refractivity contribution in [1.82, 2.24) is 19.6 Å². The van der Waals surface area contributed by atoms with Crippen molar-refractivity contribution in [2.24, 2.45) is 0 Å². The Bertz CT molecular complexity index is 761. The molecular formula is C21H31FN4O. The van der Waals surface area contributed by atoms with Gasteiger partial charge in [0.05, 0.1) is 5.69 Å². The molecule has 3 rings (SSSR count). The molecule has 2 aromatic rings. The molecule has 1 saturated heterocycles. The van der Waals surface area contributed by atoms with Crippen LogP contribution in [0.15, 0.2) is 24.3 Å². The summed E-state index contributed by atoms with van der Waals surface area (Å²) in [7, 11) is 0. The number of aromatic nitrogens is 2. The minimum atomic E-state index is -0.152. The predicted octanol–water partition coefficient (Wildman–Crippen LogP) is 2.73. The minimum Gasteiger partial charge on any atom is -0.396 e. The predicted molar refractivity (Wildman–Crippen MR) is 105 cm³/mol. The lowest BCUT2D eigenvalue weighted by atomic mass is 10.1. The van der Waals surface area contributed by atoms with Crippen LogP contribution in [-0.2, 0) is 19.6 Å². The van der Waals surface area contributed by atoms with Crippen LogP contribution in [0.2, 0.25) is 0 Å². The number of hydrogen-bond acceptors (Lipinski definition) is 4. The first-order valence-corrected chi connectivity index (χ1v) is 9.87. The molecule has 5 nitrogen and oxygen atoms in total. The van der Waals surface area contributed by atoms with Crippen LogP contribution in [0, 0.1) is 19.7 Å². The Morgan fingerprint density at radius 1 is 1.19 bits per heavy atom. The maximum Gasteiger partial charge on any atom is 0.127 e. The molecule has 148 valence electrons. The van der Waals surface area contributed by atoms with Crippen molar-refractivity contribution in [3.05, 3.63) is 52.6 Å². The highest BCUT2D eigenvalue weighted by molar-refractivity contribution is 5.24. The highest BCUT2D eigenvalue weighted by Gasteiger charge is 2.28. The summed E-state index contributed by atoms with van der Waals surface area (Å²) < 4.78 is 16.1. The molecule has 0 aliphatic carbocycles. The van der Waals surface area contributed by atoms with E-state index in [1.54, 1.807) is 6.07 Å². The molecule has 2 heterocycles. The zero-order valence-corrected chi connectivity index (χ0v) is 16.7. The molecule has 0 saturated carbocycles. The van der Waals surface area contributed by atoms with Crippen molar-refractivity contribution in [3.63, 3.8) is 0 Å². The van der Waals surface area contributed by atoms with E-state index in [4.69, 9.17) is 0 Å². The molecule has 0 radical (unpaired) electrons. The largest absolute Gasteiger partial charge is 0.396 e. The fraction of sp³-hybridized carbons (Fsp3) is 0.571. The first-order chi connectivity index (χ1) is 13.0. The van der Waals surface area contributed by atoms with Crippen LogP contribution < -0.4 is 0 Å². The number of halogens is 1. The number of nitrogens with zero attached hydrogens (tertiary/aromatic N) is 4. The first-order valence-electron chi connectivity index (χ1n) is 9.87. The molecule has 27 heavy (non-hydrogen) atoms. The van der Waals surface area contributed by atoms with Gasteiger partial charge >= 0.3 is 0 Å². The van der Waals surface area contributed by atoms with E-state index in [1.807, 2.05) is 12.1 Å². The Hall–Kier alpha value is -1.76. The van der Waals surface area contributed by atoms with Gasteiger partial charge in [-0.15, -0.1) is 0 Å². The van der Waals surface area contributed by atoms with Gasteiger partial charge in [-0.25, -0.2) is 4.39 Å². The average molecular weight is 375 g/mol. The van der Waals surface area contributed by atoms with Gasteiger partial charge < -0.3 is 5.11 Å².